The number of pyridine rings is 1. The first-order chi connectivity index (χ1) is 9.66. The average Bonchev–Trinajstić information content (AvgIpc) is 2.47. The van der Waals surface area contributed by atoms with E-state index in [1.165, 1.54) is 0 Å². The summed E-state index contributed by atoms with van der Waals surface area (Å²) >= 11 is 0. The van der Waals surface area contributed by atoms with Crippen molar-refractivity contribution in [3.8, 4) is 0 Å². The van der Waals surface area contributed by atoms with Crippen LogP contribution in [0.15, 0.2) is 23.1 Å². The van der Waals surface area contributed by atoms with Gasteiger partial charge in [-0.2, -0.15) is 0 Å². The van der Waals surface area contributed by atoms with Crippen LogP contribution in [-0.4, -0.2) is 41.6 Å². The van der Waals surface area contributed by atoms with Gasteiger partial charge in [-0.25, -0.2) is 0 Å². The van der Waals surface area contributed by atoms with Crippen molar-refractivity contribution in [3.05, 3.63) is 34.2 Å². The molecule has 1 aromatic rings. The molecule has 1 amide bonds. The molecule has 0 spiro atoms. The summed E-state index contributed by atoms with van der Waals surface area (Å²) in [6.07, 6.45) is 4.16. The first-order valence-corrected chi connectivity index (χ1v) is 7.32. The monoisotopic (exact) mass is 277 g/mol. The van der Waals surface area contributed by atoms with Gasteiger partial charge in [0.05, 0.1) is 0 Å². The number of piperazine rings is 1. The van der Waals surface area contributed by atoms with Gasteiger partial charge < -0.3 is 14.8 Å². The molecule has 20 heavy (non-hydrogen) atoms. The number of hydrogen-bond acceptors (Lipinski definition) is 3. The zero-order valence-corrected chi connectivity index (χ0v) is 12.1. The van der Waals surface area contributed by atoms with Gasteiger partial charge in [0.15, 0.2) is 0 Å². The van der Waals surface area contributed by atoms with Crippen LogP contribution in [0.1, 0.15) is 24.8 Å². The molecule has 1 fully saturated rings. The normalized spacial score (nSPS) is 15.3. The maximum absolute atomic E-state index is 12.0. The second kappa shape index (κ2) is 7.24. The summed E-state index contributed by atoms with van der Waals surface area (Å²) in [6.45, 7) is 6.08. The summed E-state index contributed by atoms with van der Waals surface area (Å²) in [5.74, 6) is 0.239. The van der Waals surface area contributed by atoms with Gasteiger partial charge >= 0.3 is 0 Å². The molecular formula is C15H23N3O2. The van der Waals surface area contributed by atoms with Crippen molar-refractivity contribution in [2.75, 3.05) is 26.2 Å². The van der Waals surface area contributed by atoms with Crippen LogP contribution < -0.4 is 10.9 Å². The Bertz CT molecular complexity index is 504. The zero-order chi connectivity index (χ0) is 14.4. The Kier molecular flexibility index (Phi) is 5.35. The molecule has 0 unspecified atom stereocenters. The molecule has 1 aliphatic heterocycles. The predicted molar refractivity (Wildman–Crippen MR) is 78.7 cm³/mol. The molecule has 0 bridgehead atoms. The molecule has 1 N–H and O–H groups in total. The van der Waals surface area contributed by atoms with E-state index in [1.54, 1.807) is 10.6 Å². The number of carbonyl (C=O) groups is 1. The number of rotatable bonds is 5. The molecule has 2 heterocycles. The predicted octanol–water partition coefficient (Wildman–Crippen LogP) is 0.759. The largest absolute Gasteiger partial charge is 0.340 e. The van der Waals surface area contributed by atoms with E-state index >= 15 is 0 Å². The number of carbonyl (C=O) groups excluding carboxylic acids is 1. The molecule has 1 aliphatic rings. The second-order valence-electron chi connectivity index (χ2n) is 5.33. The van der Waals surface area contributed by atoms with Crippen LogP contribution in [0, 0.1) is 6.92 Å². The van der Waals surface area contributed by atoms with Gasteiger partial charge in [0.1, 0.15) is 0 Å². The zero-order valence-electron chi connectivity index (χ0n) is 12.1. The van der Waals surface area contributed by atoms with E-state index in [1.807, 2.05) is 24.1 Å². The highest BCUT2D eigenvalue weighted by Gasteiger charge is 2.15. The topological polar surface area (TPSA) is 54.3 Å². The van der Waals surface area contributed by atoms with Gasteiger partial charge in [-0.1, -0.05) is 6.07 Å². The Hall–Kier alpha value is -1.62. The van der Waals surface area contributed by atoms with Crippen molar-refractivity contribution in [1.82, 2.24) is 14.8 Å². The van der Waals surface area contributed by atoms with Crippen LogP contribution in [0.4, 0.5) is 0 Å². The third-order valence-corrected chi connectivity index (χ3v) is 3.64. The Morgan fingerprint density at radius 3 is 2.75 bits per heavy atom. The van der Waals surface area contributed by atoms with Crippen molar-refractivity contribution in [3.63, 3.8) is 0 Å². The van der Waals surface area contributed by atoms with E-state index in [9.17, 15) is 9.59 Å². The van der Waals surface area contributed by atoms with E-state index in [4.69, 9.17) is 0 Å². The summed E-state index contributed by atoms with van der Waals surface area (Å²) in [4.78, 5) is 25.5. The van der Waals surface area contributed by atoms with E-state index < -0.39 is 0 Å². The van der Waals surface area contributed by atoms with Crippen molar-refractivity contribution in [2.24, 2.45) is 0 Å². The second-order valence-corrected chi connectivity index (χ2v) is 5.33. The fourth-order valence-corrected chi connectivity index (χ4v) is 2.46. The minimum absolute atomic E-state index is 0.0315. The summed E-state index contributed by atoms with van der Waals surface area (Å²) in [5, 5.41) is 3.24. The lowest BCUT2D eigenvalue weighted by Crippen LogP contribution is -2.46. The van der Waals surface area contributed by atoms with Crippen LogP contribution in [0.5, 0.6) is 0 Å². The van der Waals surface area contributed by atoms with Crippen LogP contribution in [0.3, 0.4) is 0 Å². The molecule has 110 valence electrons. The van der Waals surface area contributed by atoms with Crippen LogP contribution in [0.2, 0.25) is 0 Å². The number of aromatic nitrogens is 1. The van der Waals surface area contributed by atoms with E-state index in [0.29, 0.717) is 13.0 Å². The molecule has 0 aromatic carbocycles. The summed E-state index contributed by atoms with van der Waals surface area (Å²) < 4.78 is 1.73. The number of unbranched alkanes of at least 4 members (excludes halogenated alkanes) is 1. The highest BCUT2D eigenvalue weighted by Crippen LogP contribution is 2.04. The molecule has 0 radical (unpaired) electrons. The molecule has 0 aliphatic carbocycles. The standard InChI is InChI=1S/C15H23N3O2/c1-13-5-6-15(20)18(12-13)9-3-2-4-14(19)17-10-7-16-8-11-17/h5-6,12,16H,2-4,7-11H2,1H3. The lowest BCUT2D eigenvalue weighted by molar-refractivity contribution is -0.131. The minimum Gasteiger partial charge on any atom is -0.340 e. The van der Waals surface area contributed by atoms with Crippen molar-refractivity contribution < 1.29 is 4.79 Å². The number of aryl methyl sites for hydroxylation is 2. The van der Waals surface area contributed by atoms with Crippen LogP contribution >= 0.6 is 0 Å². The van der Waals surface area contributed by atoms with E-state index in [-0.39, 0.29) is 11.5 Å². The molecule has 1 saturated heterocycles. The van der Waals surface area contributed by atoms with Gasteiger partial charge in [-0.05, 0) is 25.3 Å². The lowest BCUT2D eigenvalue weighted by atomic mass is 10.2. The van der Waals surface area contributed by atoms with Gasteiger partial charge in [-0.3, -0.25) is 9.59 Å². The molecule has 0 saturated carbocycles. The fraction of sp³-hybridized carbons (Fsp3) is 0.600. The van der Waals surface area contributed by atoms with Crippen molar-refractivity contribution in [1.29, 1.82) is 0 Å². The third-order valence-electron chi connectivity index (χ3n) is 3.64. The van der Waals surface area contributed by atoms with E-state index in [2.05, 4.69) is 5.32 Å². The minimum atomic E-state index is 0.0315. The van der Waals surface area contributed by atoms with Crippen LogP contribution in [0.25, 0.3) is 0 Å². The highest BCUT2D eigenvalue weighted by molar-refractivity contribution is 5.76. The Balaban J connectivity index is 1.72. The summed E-state index contributed by atoms with van der Waals surface area (Å²) in [6, 6.07) is 3.42. The number of hydrogen-bond donors (Lipinski definition) is 1. The smallest absolute Gasteiger partial charge is 0.250 e. The van der Waals surface area contributed by atoms with Gasteiger partial charge in [0, 0.05) is 51.4 Å². The van der Waals surface area contributed by atoms with Crippen molar-refractivity contribution in [2.45, 2.75) is 32.7 Å². The lowest BCUT2D eigenvalue weighted by Gasteiger charge is -2.27. The maximum Gasteiger partial charge on any atom is 0.250 e. The first-order valence-electron chi connectivity index (χ1n) is 7.32. The third kappa shape index (κ3) is 4.20. The Morgan fingerprint density at radius 2 is 2.00 bits per heavy atom. The van der Waals surface area contributed by atoms with Gasteiger partial charge in [-0.15, -0.1) is 0 Å². The molecule has 1 aromatic heterocycles. The summed E-state index contributed by atoms with van der Waals surface area (Å²) in [5.41, 5.74) is 1.12. The Labute approximate surface area is 119 Å². The van der Waals surface area contributed by atoms with Gasteiger partial charge in [0.25, 0.3) is 5.56 Å². The SMILES string of the molecule is Cc1ccc(=O)n(CCCCC(=O)N2CCNCC2)c1. The quantitative estimate of drug-likeness (QED) is 0.808. The fourth-order valence-electron chi connectivity index (χ4n) is 2.46. The molecule has 5 nitrogen and oxygen atoms in total. The molecule has 0 atom stereocenters. The molecule has 5 heteroatoms. The van der Waals surface area contributed by atoms with Crippen molar-refractivity contribution >= 4 is 5.91 Å². The number of amides is 1. The maximum atomic E-state index is 12.0. The van der Waals surface area contributed by atoms with E-state index in [0.717, 1.165) is 44.6 Å². The molecule has 2 rings (SSSR count). The molecular weight excluding hydrogens is 254 g/mol. The first kappa shape index (κ1) is 14.8. The number of nitrogens with one attached hydrogen (secondary N) is 1. The van der Waals surface area contributed by atoms with Crippen LogP contribution in [-0.2, 0) is 11.3 Å². The highest BCUT2D eigenvalue weighted by atomic mass is 16.2. The summed E-state index contributed by atoms with van der Waals surface area (Å²) in [7, 11) is 0. The average molecular weight is 277 g/mol. The van der Waals surface area contributed by atoms with Gasteiger partial charge in [0.2, 0.25) is 5.91 Å². The number of nitrogens with zero attached hydrogens (tertiary/aromatic N) is 2. The Morgan fingerprint density at radius 1 is 1.25 bits per heavy atom.